The van der Waals surface area contributed by atoms with E-state index in [1.807, 2.05) is 37.4 Å². The maximum atomic E-state index is 6.24. The van der Waals surface area contributed by atoms with Gasteiger partial charge in [-0.25, -0.2) is 4.98 Å². The average Bonchev–Trinajstić information content (AvgIpc) is 2.63. The van der Waals surface area contributed by atoms with Gasteiger partial charge in [-0.1, -0.05) is 24.6 Å². The number of pyridine rings is 1. The van der Waals surface area contributed by atoms with Gasteiger partial charge in [0, 0.05) is 12.4 Å². The van der Waals surface area contributed by atoms with Crippen LogP contribution in [0.2, 0.25) is 0 Å². The van der Waals surface area contributed by atoms with Crippen molar-refractivity contribution in [1.29, 1.82) is 0 Å². The molecule has 2 N–H and O–H groups in total. The number of hydrogen-bond acceptors (Lipinski definition) is 4. The van der Waals surface area contributed by atoms with Gasteiger partial charge in [-0.15, -0.1) is 0 Å². The summed E-state index contributed by atoms with van der Waals surface area (Å²) in [5, 5.41) is 4.20. The van der Waals surface area contributed by atoms with Gasteiger partial charge in [0.2, 0.25) is 0 Å². The minimum atomic E-state index is -0.702. The maximum absolute atomic E-state index is 6.24. The summed E-state index contributed by atoms with van der Waals surface area (Å²) in [6.45, 7) is 2.79. The fourth-order valence-electron chi connectivity index (χ4n) is 1.41. The van der Waals surface area contributed by atoms with E-state index in [1.54, 1.807) is 11.2 Å². The molecule has 15 heavy (non-hydrogen) atoms. The molecule has 1 aromatic heterocycles. The monoisotopic (exact) mass is 224 g/mol. The summed E-state index contributed by atoms with van der Waals surface area (Å²) >= 11 is 6.24. The van der Waals surface area contributed by atoms with Gasteiger partial charge in [0.05, 0.1) is 0 Å². The van der Waals surface area contributed by atoms with Crippen molar-refractivity contribution in [2.75, 3.05) is 11.6 Å². The first-order valence-electron chi connectivity index (χ1n) is 4.85. The second kappa shape index (κ2) is 4.18. The van der Waals surface area contributed by atoms with E-state index < -0.39 is 5.12 Å². The second-order valence-corrected chi connectivity index (χ2v) is 3.82. The van der Waals surface area contributed by atoms with Gasteiger partial charge in [0.1, 0.15) is 5.82 Å². The molecule has 1 atom stereocenters. The second-order valence-electron chi connectivity index (χ2n) is 3.23. The number of rotatable bonds is 3. The van der Waals surface area contributed by atoms with Gasteiger partial charge < -0.3 is 0 Å². The van der Waals surface area contributed by atoms with Gasteiger partial charge in [0.15, 0.2) is 5.12 Å². The van der Waals surface area contributed by atoms with Crippen molar-refractivity contribution in [3.8, 4) is 0 Å². The standard InChI is InChI=1S/C10H13ClN4/c1-2-13-10(11)6-8-15(14-10)9-5-3-4-7-12-9/h3-8,13-14H,2H2,1H3. The molecule has 0 radical (unpaired) electrons. The quantitative estimate of drug-likeness (QED) is 0.602. The molecule has 80 valence electrons. The van der Waals surface area contributed by atoms with E-state index in [0.29, 0.717) is 0 Å². The summed E-state index contributed by atoms with van der Waals surface area (Å²) in [4.78, 5) is 4.21. The third-order valence-electron chi connectivity index (χ3n) is 2.07. The van der Waals surface area contributed by atoms with Crippen LogP contribution in [0.25, 0.3) is 0 Å². The Bertz CT molecular complexity index is 354. The molecule has 0 spiro atoms. The number of likely N-dealkylation sites (N-methyl/N-ethyl adjacent to an activating group) is 1. The molecular formula is C10H13ClN4. The minimum Gasteiger partial charge on any atom is -0.282 e. The van der Waals surface area contributed by atoms with Crippen molar-refractivity contribution in [3.05, 3.63) is 36.7 Å². The molecule has 0 fully saturated rings. The third-order valence-corrected chi connectivity index (χ3v) is 2.41. The lowest BCUT2D eigenvalue weighted by molar-refractivity contribution is 0.479. The van der Waals surface area contributed by atoms with Crippen LogP contribution in [0.15, 0.2) is 36.7 Å². The molecule has 0 saturated carbocycles. The zero-order valence-corrected chi connectivity index (χ0v) is 9.20. The predicted octanol–water partition coefficient (Wildman–Crippen LogP) is 1.42. The van der Waals surface area contributed by atoms with Crippen molar-refractivity contribution in [2.45, 2.75) is 12.0 Å². The van der Waals surface area contributed by atoms with E-state index in [1.165, 1.54) is 0 Å². The zero-order valence-electron chi connectivity index (χ0n) is 8.44. The highest BCUT2D eigenvalue weighted by Crippen LogP contribution is 2.20. The van der Waals surface area contributed by atoms with Crippen molar-refractivity contribution in [2.24, 2.45) is 0 Å². The summed E-state index contributed by atoms with van der Waals surface area (Å²) in [5.41, 5.74) is 3.10. The lowest BCUT2D eigenvalue weighted by Gasteiger charge is -2.25. The highest BCUT2D eigenvalue weighted by molar-refractivity contribution is 6.25. The van der Waals surface area contributed by atoms with Crippen LogP contribution in [0.4, 0.5) is 5.82 Å². The molecule has 0 bridgehead atoms. The third kappa shape index (κ3) is 2.28. The van der Waals surface area contributed by atoms with E-state index >= 15 is 0 Å². The van der Waals surface area contributed by atoms with Crippen LogP contribution in [-0.2, 0) is 0 Å². The molecule has 1 unspecified atom stereocenters. The highest BCUT2D eigenvalue weighted by atomic mass is 35.5. The normalized spacial score (nSPS) is 24.8. The van der Waals surface area contributed by atoms with Crippen molar-refractivity contribution in [3.63, 3.8) is 0 Å². The van der Waals surface area contributed by atoms with Crippen LogP contribution in [0.3, 0.4) is 0 Å². The molecule has 0 aliphatic carbocycles. The number of halogens is 1. The Kier molecular flexibility index (Phi) is 2.90. The van der Waals surface area contributed by atoms with Crippen LogP contribution < -0.4 is 15.8 Å². The Hall–Kier alpha value is -1.10. The highest BCUT2D eigenvalue weighted by Gasteiger charge is 2.30. The van der Waals surface area contributed by atoms with Gasteiger partial charge >= 0.3 is 0 Å². The number of nitrogens with one attached hydrogen (secondary N) is 2. The number of alkyl halides is 1. The Labute approximate surface area is 93.9 Å². The SMILES string of the molecule is CCNC1(Cl)C=CN(c2ccccn2)N1. The molecule has 0 aromatic carbocycles. The average molecular weight is 225 g/mol. The van der Waals surface area contributed by atoms with E-state index in [4.69, 9.17) is 11.6 Å². The smallest absolute Gasteiger partial charge is 0.184 e. The lowest BCUT2D eigenvalue weighted by atomic mass is 10.4. The van der Waals surface area contributed by atoms with Crippen LogP contribution >= 0.6 is 11.6 Å². The van der Waals surface area contributed by atoms with Gasteiger partial charge in [-0.3, -0.25) is 10.3 Å². The number of anilines is 1. The number of aromatic nitrogens is 1. The molecule has 4 nitrogen and oxygen atoms in total. The van der Waals surface area contributed by atoms with Crippen molar-refractivity contribution < 1.29 is 0 Å². The molecular weight excluding hydrogens is 212 g/mol. The molecule has 2 rings (SSSR count). The maximum Gasteiger partial charge on any atom is 0.184 e. The molecule has 1 aliphatic heterocycles. The topological polar surface area (TPSA) is 40.2 Å². The van der Waals surface area contributed by atoms with Crippen LogP contribution in [0, 0.1) is 0 Å². The summed E-state index contributed by atoms with van der Waals surface area (Å²) in [6.07, 6.45) is 5.46. The summed E-state index contributed by atoms with van der Waals surface area (Å²) in [5.74, 6) is 0.814. The van der Waals surface area contributed by atoms with E-state index in [-0.39, 0.29) is 0 Å². The zero-order chi connectivity index (χ0) is 10.7. The number of hydrogen-bond donors (Lipinski definition) is 2. The van der Waals surface area contributed by atoms with Gasteiger partial charge in [-0.2, -0.15) is 5.43 Å². The Morgan fingerprint density at radius 3 is 3.13 bits per heavy atom. The van der Waals surface area contributed by atoms with Crippen LogP contribution in [0.1, 0.15) is 6.92 Å². The fraction of sp³-hybridized carbons (Fsp3) is 0.300. The Balaban J connectivity index is 2.09. The molecule has 2 heterocycles. The Morgan fingerprint density at radius 2 is 2.47 bits per heavy atom. The molecule has 0 amide bonds. The summed E-state index contributed by atoms with van der Waals surface area (Å²) in [6, 6.07) is 5.72. The predicted molar refractivity (Wildman–Crippen MR) is 61.3 cm³/mol. The molecule has 1 aliphatic rings. The first-order chi connectivity index (χ1) is 7.23. The largest absolute Gasteiger partial charge is 0.282 e. The van der Waals surface area contributed by atoms with Crippen molar-refractivity contribution in [1.82, 2.24) is 15.7 Å². The molecule has 1 aromatic rings. The van der Waals surface area contributed by atoms with E-state index in [0.717, 1.165) is 12.4 Å². The van der Waals surface area contributed by atoms with Crippen LogP contribution in [-0.4, -0.2) is 16.7 Å². The molecule has 5 heteroatoms. The van der Waals surface area contributed by atoms with Gasteiger partial charge in [-0.05, 0) is 24.8 Å². The fourth-order valence-corrected chi connectivity index (χ4v) is 1.69. The first-order valence-corrected chi connectivity index (χ1v) is 5.23. The van der Waals surface area contributed by atoms with Gasteiger partial charge in [0.25, 0.3) is 0 Å². The van der Waals surface area contributed by atoms with Crippen LogP contribution in [0.5, 0.6) is 0 Å². The van der Waals surface area contributed by atoms with Crippen molar-refractivity contribution >= 4 is 17.4 Å². The first kappa shape index (κ1) is 10.4. The molecule has 0 saturated heterocycles. The summed E-state index contributed by atoms with van der Waals surface area (Å²) < 4.78 is 0. The number of nitrogens with zero attached hydrogens (tertiary/aromatic N) is 2. The summed E-state index contributed by atoms with van der Waals surface area (Å²) in [7, 11) is 0. The van der Waals surface area contributed by atoms with E-state index in [9.17, 15) is 0 Å². The number of hydrazine groups is 1. The van der Waals surface area contributed by atoms with E-state index in [2.05, 4.69) is 15.7 Å². The Morgan fingerprint density at radius 1 is 1.60 bits per heavy atom. The lowest BCUT2D eigenvalue weighted by Crippen LogP contribution is -2.52. The minimum absolute atomic E-state index is 0.702.